The summed E-state index contributed by atoms with van der Waals surface area (Å²) in [7, 11) is 2.14. The maximum absolute atomic E-state index is 10.4. The van der Waals surface area contributed by atoms with Gasteiger partial charge in [-0.3, -0.25) is 4.99 Å². The Bertz CT molecular complexity index is 546. The van der Waals surface area contributed by atoms with Gasteiger partial charge in [0.05, 0.1) is 18.8 Å². The summed E-state index contributed by atoms with van der Waals surface area (Å²) in [6.45, 7) is 13.3. The number of nitrogens with one attached hydrogen (secondary N) is 2. The van der Waals surface area contributed by atoms with Crippen molar-refractivity contribution in [3.63, 3.8) is 0 Å². The molecular formula is C21H38N4O2. The molecule has 6 heteroatoms. The Labute approximate surface area is 165 Å². The zero-order chi connectivity index (χ0) is 20.2. The summed E-state index contributed by atoms with van der Waals surface area (Å²) in [6, 6.07) is 8.11. The van der Waals surface area contributed by atoms with E-state index in [2.05, 4.69) is 41.4 Å². The van der Waals surface area contributed by atoms with E-state index in [0.717, 1.165) is 43.3 Å². The van der Waals surface area contributed by atoms with Crippen LogP contribution in [0.5, 0.6) is 5.75 Å². The Kier molecular flexibility index (Phi) is 10.8. The van der Waals surface area contributed by atoms with Crippen molar-refractivity contribution < 1.29 is 9.84 Å². The summed E-state index contributed by atoms with van der Waals surface area (Å²) in [5.74, 6) is 1.54. The number of guanidine groups is 1. The van der Waals surface area contributed by atoms with Crippen molar-refractivity contribution in [1.82, 2.24) is 15.5 Å². The van der Waals surface area contributed by atoms with E-state index in [1.807, 2.05) is 45.0 Å². The normalized spacial score (nSPS) is 14.3. The molecule has 1 aromatic rings. The molecule has 0 spiro atoms. The van der Waals surface area contributed by atoms with Crippen molar-refractivity contribution in [1.29, 1.82) is 0 Å². The van der Waals surface area contributed by atoms with Gasteiger partial charge in [-0.15, -0.1) is 0 Å². The minimum atomic E-state index is -0.642. The first-order valence-corrected chi connectivity index (χ1v) is 10.0. The number of hydrogen-bond donors (Lipinski definition) is 3. The van der Waals surface area contributed by atoms with Crippen LogP contribution in [0.3, 0.4) is 0 Å². The maximum Gasteiger partial charge on any atom is 0.191 e. The number of likely N-dealkylation sites (N-methyl/N-ethyl adjacent to an activating group) is 1. The second-order valence-corrected chi connectivity index (χ2v) is 7.14. The lowest BCUT2D eigenvalue weighted by Crippen LogP contribution is -2.42. The SMILES string of the molecule is CCNC(=NCC(O)c1ccc(OC(C)C)cc1)NCCN(C)C(C)CC. The van der Waals surface area contributed by atoms with Crippen LogP contribution in [0.25, 0.3) is 0 Å². The average molecular weight is 379 g/mol. The largest absolute Gasteiger partial charge is 0.491 e. The average Bonchev–Trinajstić information content (AvgIpc) is 2.65. The van der Waals surface area contributed by atoms with Gasteiger partial charge in [0.15, 0.2) is 5.96 Å². The molecule has 0 bridgehead atoms. The highest BCUT2D eigenvalue weighted by Gasteiger charge is 2.09. The van der Waals surface area contributed by atoms with Crippen LogP contribution in [0.15, 0.2) is 29.3 Å². The lowest BCUT2D eigenvalue weighted by Gasteiger charge is -2.24. The molecule has 0 aliphatic carbocycles. The highest BCUT2D eigenvalue weighted by atomic mass is 16.5. The third kappa shape index (κ3) is 9.11. The predicted octanol–water partition coefficient (Wildman–Crippen LogP) is 2.79. The van der Waals surface area contributed by atoms with Crippen LogP contribution in [0.2, 0.25) is 0 Å². The molecule has 0 saturated carbocycles. The molecule has 2 unspecified atom stereocenters. The van der Waals surface area contributed by atoms with Crippen LogP contribution in [-0.2, 0) is 0 Å². The van der Waals surface area contributed by atoms with E-state index < -0.39 is 6.10 Å². The van der Waals surface area contributed by atoms with Crippen LogP contribution in [0.4, 0.5) is 0 Å². The zero-order valence-corrected chi connectivity index (χ0v) is 17.8. The van der Waals surface area contributed by atoms with E-state index in [4.69, 9.17) is 4.74 Å². The Balaban J connectivity index is 2.55. The van der Waals surface area contributed by atoms with Crippen LogP contribution >= 0.6 is 0 Å². The summed E-state index contributed by atoms with van der Waals surface area (Å²) in [5, 5.41) is 17.0. The second-order valence-electron chi connectivity index (χ2n) is 7.14. The molecule has 6 nitrogen and oxygen atoms in total. The first kappa shape index (κ1) is 23.2. The number of nitrogens with zero attached hydrogens (tertiary/aromatic N) is 2. The van der Waals surface area contributed by atoms with E-state index in [1.165, 1.54) is 0 Å². The highest BCUT2D eigenvalue weighted by Crippen LogP contribution is 2.19. The van der Waals surface area contributed by atoms with Crippen molar-refractivity contribution in [3.8, 4) is 5.75 Å². The van der Waals surface area contributed by atoms with Gasteiger partial charge in [-0.2, -0.15) is 0 Å². The van der Waals surface area contributed by atoms with Gasteiger partial charge in [0, 0.05) is 25.7 Å². The van der Waals surface area contributed by atoms with Gasteiger partial charge in [-0.25, -0.2) is 0 Å². The number of aliphatic hydroxyl groups is 1. The van der Waals surface area contributed by atoms with Crippen molar-refractivity contribution in [2.75, 3.05) is 33.2 Å². The minimum Gasteiger partial charge on any atom is -0.491 e. The Morgan fingerprint density at radius 1 is 1.15 bits per heavy atom. The molecule has 0 aromatic heterocycles. The van der Waals surface area contributed by atoms with Crippen LogP contribution in [0.1, 0.15) is 52.7 Å². The van der Waals surface area contributed by atoms with Crippen molar-refractivity contribution in [2.24, 2.45) is 4.99 Å². The molecule has 0 radical (unpaired) electrons. The van der Waals surface area contributed by atoms with Crippen LogP contribution in [0, 0.1) is 0 Å². The fourth-order valence-corrected chi connectivity index (χ4v) is 2.55. The van der Waals surface area contributed by atoms with Gasteiger partial charge in [0.25, 0.3) is 0 Å². The first-order valence-electron chi connectivity index (χ1n) is 10.0. The summed E-state index contributed by atoms with van der Waals surface area (Å²) in [6.07, 6.45) is 0.632. The van der Waals surface area contributed by atoms with E-state index >= 15 is 0 Å². The monoisotopic (exact) mass is 378 g/mol. The molecule has 0 aliphatic heterocycles. The number of ether oxygens (including phenoxy) is 1. The van der Waals surface area contributed by atoms with Gasteiger partial charge in [0.1, 0.15) is 5.75 Å². The minimum absolute atomic E-state index is 0.137. The van der Waals surface area contributed by atoms with Gasteiger partial charge in [-0.05, 0) is 58.9 Å². The third-order valence-electron chi connectivity index (χ3n) is 4.50. The highest BCUT2D eigenvalue weighted by molar-refractivity contribution is 5.79. The Morgan fingerprint density at radius 2 is 1.81 bits per heavy atom. The Hall–Kier alpha value is -1.79. The molecule has 0 heterocycles. The maximum atomic E-state index is 10.4. The van der Waals surface area contributed by atoms with E-state index in [-0.39, 0.29) is 6.10 Å². The van der Waals surface area contributed by atoms with Gasteiger partial charge in [-0.1, -0.05) is 19.1 Å². The molecule has 0 fully saturated rings. The van der Waals surface area contributed by atoms with Crippen LogP contribution in [-0.4, -0.2) is 61.3 Å². The first-order chi connectivity index (χ1) is 12.9. The fourth-order valence-electron chi connectivity index (χ4n) is 2.55. The lowest BCUT2D eigenvalue weighted by molar-refractivity contribution is 0.186. The molecule has 2 atom stereocenters. The smallest absolute Gasteiger partial charge is 0.191 e. The molecule has 0 saturated heterocycles. The molecule has 3 N–H and O–H groups in total. The number of rotatable bonds is 11. The summed E-state index contributed by atoms with van der Waals surface area (Å²) in [5.41, 5.74) is 0.835. The van der Waals surface area contributed by atoms with Gasteiger partial charge >= 0.3 is 0 Å². The van der Waals surface area contributed by atoms with Gasteiger partial charge < -0.3 is 25.4 Å². The van der Waals surface area contributed by atoms with Crippen molar-refractivity contribution in [2.45, 2.75) is 59.3 Å². The summed E-state index contributed by atoms with van der Waals surface area (Å²) < 4.78 is 5.63. The summed E-state index contributed by atoms with van der Waals surface area (Å²) >= 11 is 0. The topological polar surface area (TPSA) is 69.1 Å². The number of aliphatic hydroxyl groups excluding tert-OH is 1. The van der Waals surface area contributed by atoms with E-state index in [0.29, 0.717) is 12.6 Å². The molecule has 0 amide bonds. The van der Waals surface area contributed by atoms with Gasteiger partial charge in [0.2, 0.25) is 0 Å². The number of benzene rings is 1. The summed E-state index contributed by atoms with van der Waals surface area (Å²) in [4.78, 5) is 6.84. The van der Waals surface area contributed by atoms with Crippen molar-refractivity contribution in [3.05, 3.63) is 29.8 Å². The lowest BCUT2D eigenvalue weighted by atomic mass is 10.1. The van der Waals surface area contributed by atoms with Crippen LogP contribution < -0.4 is 15.4 Å². The van der Waals surface area contributed by atoms with E-state index in [9.17, 15) is 5.11 Å². The molecule has 27 heavy (non-hydrogen) atoms. The molecule has 154 valence electrons. The molecular weight excluding hydrogens is 340 g/mol. The zero-order valence-electron chi connectivity index (χ0n) is 17.8. The molecule has 1 rings (SSSR count). The second kappa shape index (κ2) is 12.6. The Morgan fingerprint density at radius 3 is 2.37 bits per heavy atom. The number of hydrogen-bond acceptors (Lipinski definition) is 4. The standard InChI is InChI=1S/C21H38N4O2/c1-7-17(5)25(6)14-13-23-21(22-8-2)24-15-20(26)18-9-11-19(12-10-18)27-16(3)4/h9-12,16-17,20,26H,7-8,13-15H2,1-6H3,(H2,22,23,24). The van der Waals surface area contributed by atoms with Crippen molar-refractivity contribution >= 4 is 5.96 Å². The molecule has 1 aromatic carbocycles. The molecule has 0 aliphatic rings. The predicted molar refractivity (Wildman–Crippen MR) is 114 cm³/mol. The number of aliphatic imine (C=N–C) groups is 1. The fraction of sp³-hybridized carbons (Fsp3) is 0.667. The van der Waals surface area contributed by atoms with E-state index in [1.54, 1.807) is 0 Å². The third-order valence-corrected chi connectivity index (χ3v) is 4.50. The quantitative estimate of drug-likeness (QED) is 0.408.